The fourth-order valence-electron chi connectivity index (χ4n) is 2.39. The van der Waals surface area contributed by atoms with Gasteiger partial charge in [-0.3, -0.25) is 14.9 Å². The second kappa shape index (κ2) is 7.79. The van der Waals surface area contributed by atoms with Crippen LogP contribution < -0.4 is 5.32 Å². The zero-order valence-electron chi connectivity index (χ0n) is 13.2. The third kappa shape index (κ3) is 4.46. The minimum atomic E-state index is -0.640. The maximum atomic E-state index is 12.3. The predicted octanol–water partition coefficient (Wildman–Crippen LogP) is 3.33. The molecule has 1 amide bonds. The van der Waals surface area contributed by atoms with Crippen LogP contribution in [0.2, 0.25) is 5.02 Å². The van der Waals surface area contributed by atoms with Gasteiger partial charge in [0.25, 0.3) is 11.6 Å². The topological polar surface area (TPSA) is 99.3 Å². The number of carbonyl (C=O) groups is 1. The van der Waals surface area contributed by atoms with Crippen LogP contribution in [0.3, 0.4) is 0 Å². The number of nitro groups is 1. The summed E-state index contributed by atoms with van der Waals surface area (Å²) in [4.78, 5) is 24.4. The van der Waals surface area contributed by atoms with Crippen molar-refractivity contribution in [2.45, 2.75) is 19.8 Å². The van der Waals surface area contributed by atoms with Gasteiger partial charge in [-0.15, -0.1) is 0 Å². The molecule has 8 heteroatoms. The average Bonchev–Trinajstić information content (AvgIpc) is 2.56. The summed E-state index contributed by atoms with van der Waals surface area (Å²) >= 11 is 5.95. The third-order valence-corrected chi connectivity index (χ3v) is 4.23. The van der Waals surface area contributed by atoms with Gasteiger partial charge in [-0.1, -0.05) is 18.5 Å². The largest absolute Gasteiger partial charge is 0.376 e. The summed E-state index contributed by atoms with van der Waals surface area (Å²) in [6, 6.07) is 5.61. The lowest BCUT2D eigenvalue weighted by atomic mass is 9.99. The number of amides is 1. The molecule has 7 nitrogen and oxygen atoms in total. The minimum Gasteiger partial charge on any atom is -0.376 e. The van der Waals surface area contributed by atoms with Crippen LogP contribution in [0, 0.1) is 27.4 Å². The monoisotopic (exact) mass is 348 g/mol. The van der Waals surface area contributed by atoms with Crippen LogP contribution in [-0.2, 0) is 4.79 Å². The highest BCUT2D eigenvalue weighted by atomic mass is 35.5. The summed E-state index contributed by atoms with van der Waals surface area (Å²) < 4.78 is 0. The molecule has 24 heavy (non-hydrogen) atoms. The van der Waals surface area contributed by atoms with Crippen molar-refractivity contribution < 1.29 is 9.72 Å². The molecule has 2 rings (SSSR count). The number of nitro benzene ring substituents is 1. The first-order chi connectivity index (χ1) is 11.4. The first-order valence-corrected chi connectivity index (χ1v) is 7.89. The normalized spacial score (nSPS) is 15.7. The lowest BCUT2D eigenvalue weighted by Crippen LogP contribution is -2.29. The highest BCUT2D eigenvalue weighted by molar-refractivity contribution is 6.34. The highest BCUT2D eigenvalue weighted by Crippen LogP contribution is 2.27. The van der Waals surface area contributed by atoms with Crippen molar-refractivity contribution in [3.63, 3.8) is 0 Å². The molecular weight excluding hydrogens is 332 g/mol. The van der Waals surface area contributed by atoms with E-state index in [4.69, 9.17) is 11.6 Å². The Hall–Kier alpha value is -2.59. The molecule has 1 aliphatic rings. The highest BCUT2D eigenvalue weighted by Gasteiger charge is 2.18. The fraction of sp³-hybridized carbons (Fsp3) is 0.375. The molecule has 0 radical (unpaired) electrons. The molecule has 1 aliphatic heterocycles. The molecule has 0 spiro atoms. The number of rotatable bonds is 4. The molecule has 0 aliphatic carbocycles. The van der Waals surface area contributed by atoms with Crippen molar-refractivity contribution in [2.75, 3.05) is 18.4 Å². The van der Waals surface area contributed by atoms with Gasteiger partial charge in [0.1, 0.15) is 11.6 Å². The quantitative estimate of drug-likeness (QED) is 0.389. The van der Waals surface area contributed by atoms with Gasteiger partial charge < -0.3 is 10.2 Å². The Morgan fingerprint density at radius 1 is 1.50 bits per heavy atom. The van der Waals surface area contributed by atoms with E-state index in [9.17, 15) is 20.2 Å². The van der Waals surface area contributed by atoms with Gasteiger partial charge >= 0.3 is 0 Å². The number of hydrogen-bond acceptors (Lipinski definition) is 5. The fourth-order valence-corrected chi connectivity index (χ4v) is 2.56. The Morgan fingerprint density at radius 2 is 2.17 bits per heavy atom. The second-order valence-electron chi connectivity index (χ2n) is 5.75. The van der Waals surface area contributed by atoms with Gasteiger partial charge in [0, 0.05) is 31.4 Å². The van der Waals surface area contributed by atoms with E-state index in [0.717, 1.165) is 32.0 Å². The molecule has 0 bridgehead atoms. The molecule has 0 unspecified atom stereocenters. The Balaban J connectivity index is 2.14. The number of nitrogens with zero attached hydrogens (tertiary/aromatic N) is 3. The Bertz CT molecular complexity index is 719. The lowest BCUT2D eigenvalue weighted by Gasteiger charge is -2.29. The number of piperidine rings is 1. The van der Waals surface area contributed by atoms with Crippen LogP contribution in [0.15, 0.2) is 30.0 Å². The molecule has 1 aromatic carbocycles. The zero-order valence-corrected chi connectivity index (χ0v) is 13.9. The van der Waals surface area contributed by atoms with E-state index in [1.54, 1.807) is 0 Å². The molecule has 0 aromatic heterocycles. The maximum Gasteiger partial charge on any atom is 0.271 e. The molecule has 1 fully saturated rings. The first-order valence-electron chi connectivity index (χ1n) is 7.52. The van der Waals surface area contributed by atoms with Crippen LogP contribution in [0.4, 0.5) is 11.4 Å². The van der Waals surface area contributed by atoms with E-state index in [0.29, 0.717) is 5.92 Å². The van der Waals surface area contributed by atoms with E-state index >= 15 is 0 Å². The average molecular weight is 349 g/mol. The van der Waals surface area contributed by atoms with Crippen molar-refractivity contribution in [3.05, 3.63) is 45.1 Å². The number of anilines is 1. The van der Waals surface area contributed by atoms with Gasteiger partial charge in [0.2, 0.25) is 0 Å². The molecule has 0 saturated carbocycles. The van der Waals surface area contributed by atoms with E-state index in [-0.39, 0.29) is 22.0 Å². The van der Waals surface area contributed by atoms with Gasteiger partial charge in [0.15, 0.2) is 0 Å². The number of carbonyl (C=O) groups excluding carboxylic acids is 1. The second-order valence-corrected chi connectivity index (χ2v) is 6.16. The first kappa shape index (κ1) is 17.8. The smallest absolute Gasteiger partial charge is 0.271 e. The standard InChI is InChI=1S/C16H17ClN4O3/c1-11-4-6-20(7-5-11)10-12(9-18)16(22)19-15-8-13(21(23)24)2-3-14(15)17/h2-3,8,10-11H,4-7H2,1H3,(H,19,22)/b12-10-. The van der Waals surface area contributed by atoms with E-state index < -0.39 is 10.8 Å². The molecule has 0 atom stereocenters. The summed E-state index contributed by atoms with van der Waals surface area (Å²) in [6.07, 6.45) is 3.55. The van der Waals surface area contributed by atoms with Crippen LogP contribution in [-0.4, -0.2) is 28.8 Å². The molecule has 1 N–H and O–H groups in total. The SMILES string of the molecule is CC1CCN(/C=C(/C#N)C(=O)Nc2cc([N+](=O)[O-])ccc2Cl)CC1. The van der Waals surface area contributed by atoms with Crippen molar-refractivity contribution in [3.8, 4) is 6.07 Å². The van der Waals surface area contributed by atoms with Crippen molar-refractivity contribution in [1.82, 2.24) is 4.90 Å². The van der Waals surface area contributed by atoms with E-state index in [1.165, 1.54) is 18.3 Å². The summed E-state index contributed by atoms with van der Waals surface area (Å²) in [6.45, 7) is 3.75. The number of halogens is 1. The Kier molecular flexibility index (Phi) is 5.77. The number of hydrogen-bond donors (Lipinski definition) is 1. The molecule has 1 aromatic rings. The van der Waals surface area contributed by atoms with E-state index in [2.05, 4.69) is 12.2 Å². The van der Waals surface area contributed by atoms with Crippen molar-refractivity contribution in [2.24, 2.45) is 5.92 Å². The third-order valence-electron chi connectivity index (χ3n) is 3.90. The maximum absolute atomic E-state index is 12.3. The van der Waals surface area contributed by atoms with Crippen LogP contribution in [0.25, 0.3) is 0 Å². The van der Waals surface area contributed by atoms with Gasteiger partial charge in [-0.25, -0.2) is 0 Å². The van der Waals surface area contributed by atoms with Crippen LogP contribution >= 0.6 is 11.6 Å². The number of benzene rings is 1. The minimum absolute atomic E-state index is 0.0628. The molecule has 1 heterocycles. The van der Waals surface area contributed by atoms with Crippen molar-refractivity contribution in [1.29, 1.82) is 5.26 Å². The molecule has 126 valence electrons. The molecule has 1 saturated heterocycles. The van der Waals surface area contributed by atoms with Gasteiger partial charge in [0.05, 0.1) is 15.6 Å². The predicted molar refractivity (Wildman–Crippen MR) is 90.4 cm³/mol. The number of non-ortho nitro benzene ring substituents is 1. The summed E-state index contributed by atoms with van der Waals surface area (Å²) in [7, 11) is 0. The van der Waals surface area contributed by atoms with Crippen LogP contribution in [0.5, 0.6) is 0 Å². The zero-order chi connectivity index (χ0) is 17.7. The van der Waals surface area contributed by atoms with Gasteiger partial charge in [-0.2, -0.15) is 5.26 Å². The number of nitrogens with one attached hydrogen (secondary N) is 1. The number of nitriles is 1. The number of likely N-dealkylation sites (tertiary alicyclic amines) is 1. The Labute approximate surface area is 144 Å². The summed E-state index contributed by atoms with van der Waals surface area (Å²) in [5.41, 5.74) is -0.154. The summed E-state index contributed by atoms with van der Waals surface area (Å²) in [5.74, 6) is -0.00351. The summed E-state index contributed by atoms with van der Waals surface area (Å²) in [5, 5.41) is 22.7. The van der Waals surface area contributed by atoms with Gasteiger partial charge in [-0.05, 0) is 24.8 Å². The Morgan fingerprint density at radius 3 is 2.75 bits per heavy atom. The molecular formula is C16H17ClN4O3. The van der Waals surface area contributed by atoms with E-state index in [1.807, 2.05) is 11.0 Å². The lowest BCUT2D eigenvalue weighted by molar-refractivity contribution is -0.384. The van der Waals surface area contributed by atoms with Crippen molar-refractivity contribution >= 4 is 28.9 Å². The van der Waals surface area contributed by atoms with Crippen LogP contribution in [0.1, 0.15) is 19.8 Å².